The summed E-state index contributed by atoms with van der Waals surface area (Å²) in [4.78, 5) is 8.84. The first kappa shape index (κ1) is 29.8. The molecule has 1 heterocycles. The molecule has 4 aromatic rings. The first-order chi connectivity index (χ1) is 20.0. The lowest BCUT2D eigenvalue weighted by Gasteiger charge is -2.21. The second-order valence-electron chi connectivity index (χ2n) is 9.61. The van der Waals surface area contributed by atoms with Crippen LogP contribution in [0, 0.1) is 0 Å². The van der Waals surface area contributed by atoms with E-state index in [4.69, 9.17) is 33.1 Å². The average molecular weight is 562 g/mol. The van der Waals surface area contributed by atoms with Crippen LogP contribution < -0.4 is 24.0 Å². The molecule has 0 aliphatic heterocycles. The van der Waals surface area contributed by atoms with Gasteiger partial charge in [0.2, 0.25) is 0 Å². The summed E-state index contributed by atoms with van der Waals surface area (Å²) in [6, 6.07) is 24.4. The van der Waals surface area contributed by atoms with E-state index in [1.165, 1.54) is 0 Å². The lowest BCUT2D eigenvalue weighted by molar-refractivity contribution is 0.0869. The number of nitrogens with zero attached hydrogens (tertiary/aromatic N) is 3. The molecular formula is C32H39N3O6. The van der Waals surface area contributed by atoms with Gasteiger partial charge in [-0.25, -0.2) is 0 Å². The van der Waals surface area contributed by atoms with Crippen LogP contribution in [0.1, 0.15) is 16.8 Å². The molecule has 0 radical (unpaired) electrons. The van der Waals surface area contributed by atoms with E-state index < -0.39 is 0 Å². The molecule has 0 bridgehead atoms. The van der Waals surface area contributed by atoms with Crippen molar-refractivity contribution in [2.75, 3.05) is 64.5 Å². The number of hydrogen-bond donors (Lipinski definition) is 0. The van der Waals surface area contributed by atoms with Crippen molar-refractivity contribution in [3.05, 3.63) is 95.9 Å². The molecule has 0 spiro atoms. The van der Waals surface area contributed by atoms with E-state index in [-0.39, 0.29) is 0 Å². The third-order valence-electron chi connectivity index (χ3n) is 6.23. The molecule has 9 nitrogen and oxygen atoms in total. The van der Waals surface area contributed by atoms with Crippen LogP contribution in [0.25, 0.3) is 0 Å². The maximum absolute atomic E-state index is 5.92. The SMILES string of the molecule is COCCOc1cccc(CN(Cc2cccc(OC)c2)c2nc(COCCOc3cccc(N(C)C)c3)co2)c1. The third kappa shape index (κ3) is 9.44. The van der Waals surface area contributed by atoms with Crippen molar-refractivity contribution < 1.29 is 28.1 Å². The number of benzene rings is 3. The van der Waals surface area contributed by atoms with Crippen LogP contribution in [0.4, 0.5) is 11.7 Å². The molecule has 4 rings (SSSR count). The average Bonchev–Trinajstić information content (AvgIpc) is 3.46. The van der Waals surface area contributed by atoms with Gasteiger partial charge < -0.3 is 37.9 Å². The summed E-state index contributed by atoms with van der Waals surface area (Å²) < 4.78 is 33.9. The highest BCUT2D eigenvalue weighted by molar-refractivity contribution is 5.49. The Labute approximate surface area is 242 Å². The number of ether oxygens (including phenoxy) is 5. The van der Waals surface area contributed by atoms with Gasteiger partial charge in [-0.1, -0.05) is 30.3 Å². The lowest BCUT2D eigenvalue weighted by Crippen LogP contribution is -2.22. The van der Waals surface area contributed by atoms with E-state index in [1.54, 1.807) is 20.5 Å². The molecule has 218 valence electrons. The van der Waals surface area contributed by atoms with E-state index in [1.807, 2.05) is 79.7 Å². The molecule has 41 heavy (non-hydrogen) atoms. The summed E-state index contributed by atoms with van der Waals surface area (Å²) in [5.41, 5.74) is 3.93. The van der Waals surface area contributed by atoms with Gasteiger partial charge in [-0.2, -0.15) is 4.98 Å². The number of oxazole rings is 1. The number of hydrogen-bond acceptors (Lipinski definition) is 9. The minimum Gasteiger partial charge on any atom is -0.497 e. The van der Waals surface area contributed by atoms with Crippen LogP contribution in [0.3, 0.4) is 0 Å². The van der Waals surface area contributed by atoms with Gasteiger partial charge in [0.25, 0.3) is 6.01 Å². The van der Waals surface area contributed by atoms with Crippen molar-refractivity contribution in [2.24, 2.45) is 0 Å². The molecule has 1 aromatic heterocycles. The van der Waals surface area contributed by atoms with Crippen LogP contribution in [0.2, 0.25) is 0 Å². The van der Waals surface area contributed by atoms with Gasteiger partial charge in [0.05, 0.1) is 26.9 Å². The maximum Gasteiger partial charge on any atom is 0.298 e. The van der Waals surface area contributed by atoms with E-state index >= 15 is 0 Å². The Kier molecular flexibility index (Phi) is 11.3. The van der Waals surface area contributed by atoms with Crippen molar-refractivity contribution in [2.45, 2.75) is 19.7 Å². The minimum absolute atomic E-state index is 0.320. The fraction of sp³-hybridized carbons (Fsp3) is 0.344. The summed E-state index contributed by atoms with van der Waals surface area (Å²) in [7, 11) is 7.33. The molecule has 0 saturated carbocycles. The Hall–Kier alpha value is -4.21. The van der Waals surface area contributed by atoms with Gasteiger partial charge in [0.1, 0.15) is 42.4 Å². The molecule has 0 unspecified atom stereocenters. The maximum atomic E-state index is 5.92. The van der Waals surface area contributed by atoms with Gasteiger partial charge in [0, 0.05) is 46.0 Å². The first-order valence-corrected chi connectivity index (χ1v) is 13.5. The summed E-state index contributed by atoms with van der Waals surface area (Å²) in [6.45, 7) is 3.35. The Balaban J connectivity index is 1.38. The molecular weight excluding hydrogens is 522 g/mol. The molecule has 0 atom stereocenters. The quantitative estimate of drug-likeness (QED) is 0.154. The Morgan fingerprint density at radius 2 is 1.37 bits per heavy atom. The molecule has 0 aliphatic rings. The summed E-state index contributed by atoms with van der Waals surface area (Å²) in [6.07, 6.45) is 1.64. The number of rotatable bonds is 17. The third-order valence-corrected chi connectivity index (χ3v) is 6.23. The minimum atomic E-state index is 0.320. The highest BCUT2D eigenvalue weighted by Gasteiger charge is 2.16. The van der Waals surface area contributed by atoms with Gasteiger partial charge in [-0.05, 0) is 47.5 Å². The number of anilines is 2. The molecule has 0 amide bonds. The zero-order chi connectivity index (χ0) is 28.9. The van der Waals surface area contributed by atoms with E-state index in [9.17, 15) is 0 Å². The van der Waals surface area contributed by atoms with Crippen LogP contribution in [0.15, 0.2) is 83.5 Å². The van der Waals surface area contributed by atoms with Crippen molar-refractivity contribution in [3.8, 4) is 17.2 Å². The summed E-state index contributed by atoms with van der Waals surface area (Å²) in [5.74, 6) is 2.40. The van der Waals surface area contributed by atoms with Gasteiger partial charge in [-0.3, -0.25) is 0 Å². The Morgan fingerprint density at radius 3 is 2.05 bits per heavy atom. The second-order valence-corrected chi connectivity index (χ2v) is 9.61. The number of methoxy groups -OCH3 is 2. The predicted octanol–water partition coefficient (Wildman–Crippen LogP) is 5.58. The van der Waals surface area contributed by atoms with Crippen LogP contribution in [-0.4, -0.2) is 59.7 Å². The van der Waals surface area contributed by atoms with E-state index in [0.29, 0.717) is 57.8 Å². The normalized spacial score (nSPS) is 10.8. The van der Waals surface area contributed by atoms with Crippen molar-refractivity contribution in [1.82, 2.24) is 4.98 Å². The van der Waals surface area contributed by atoms with Crippen molar-refractivity contribution in [1.29, 1.82) is 0 Å². The topological polar surface area (TPSA) is 78.7 Å². The fourth-order valence-corrected chi connectivity index (χ4v) is 4.13. The predicted molar refractivity (Wildman–Crippen MR) is 159 cm³/mol. The summed E-state index contributed by atoms with van der Waals surface area (Å²) >= 11 is 0. The molecule has 9 heteroatoms. The molecule has 0 N–H and O–H groups in total. The van der Waals surface area contributed by atoms with Gasteiger partial charge >= 0.3 is 0 Å². The molecule has 0 aliphatic carbocycles. The number of aromatic nitrogens is 1. The monoisotopic (exact) mass is 561 g/mol. The van der Waals surface area contributed by atoms with E-state index in [2.05, 4.69) is 17.0 Å². The van der Waals surface area contributed by atoms with Gasteiger partial charge in [0.15, 0.2) is 0 Å². The van der Waals surface area contributed by atoms with E-state index in [0.717, 1.165) is 34.1 Å². The van der Waals surface area contributed by atoms with Crippen molar-refractivity contribution in [3.63, 3.8) is 0 Å². The molecule has 3 aromatic carbocycles. The zero-order valence-corrected chi connectivity index (χ0v) is 24.2. The highest BCUT2D eigenvalue weighted by atomic mass is 16.5. The smallest absolute Gasteiger partial charge is 0.298 e. The van der Waals surface area contributed by atoms with Crippen LogP contribution >= 0.6 is 0 Å². The largest absolute Gasteiger partial charge is 0.497 e. The van der Waals surface area contributed by atoms with Crippen molar-refractivity contribution >= 4 is 11.7 Å². The summed E-state index contributed by atoms with van der Waals surface area (Å²) in [5, 5.41) is 0. The highest BCUT2D eigenvalue weighted by Crippen LogP contribution is 2.24. The van der Waals surface area contributed by atoms with Crippen LogP contribution in [0.5, 0.6) is 17.2 Å². The fourth-order valence-electron chi connectivity index (χ4n) is 4.13. The molecule has 0 fully saturated rings. The molecule has 0 saturated heterocycles. The second kappa shape index (κ2) is 15.5. The Bertz CT molecular complexity index is 1340. The first-order valence-electron chi connectivity index (χ1n) is 13.5. The zero-order valence-electron chi connectivity index (χ0n) is 24.2. The van der Waals surface area contributed by atoms with Crippen LogP contribution in [-0.2, 0) is 29.2 Å². The lowest BCUT2D eigenvalue weighted by atomic mass is 10.1. The Morgan fingerprint density at radius 1 is 0.732 bits per heavy atom. The standard InChI is InChI=1S/C32H39N3O6/c1-34(2)28-10-7-13-31(20-28)40-17-15-38-23-27-24-41-32(33-27)35(21-25-8-5-11-29(18-25)37-4)22-26-9-6-12-30(19-26)39-16-14-36-3/h5-13,18-20,24H,14-17,21-23H2,1-4H3. The van der Waals surface area contributed by atoms with Gasteiger partial charge in [-0.15, -0.1) is 0 Å².